The van der Waals surface area contributed by atoms with Crippen LogP contribution in [0.2, 0.25) is 10.0 Å². The van der Waals surface area contributed by atoms with E-state index in [0.29, 0.717) is 16.6 Å². The molecule has 0 atom stereocenters. The number of hydrogen-bond donors (Lipinski definition) is 1. The summed E-state index contributed by atoms with van der Waals surface area (Å²) in [5, 5.41) is 2.10. The van der Waals surface area contributed by atoms with E-state index in [9.17, 15) is 0 Å². The molecule has 0 bridgehead atoms. The molecule has 0 spiro atoms. The average molecular weight is 255 g/mol. The van der Waals surface area contributed by atoms with E-state index in [1.807, 2.05) is 13.0 Å². The summed E-state index contributed by atoms with van der Waals surface area (Å²) in [6, 6.07) is 5.69. The van der Waals surface area contributed by atoms with Crippen LogP contribution in [0.15, 0.2) is 18.2 Å². The molecule has 1 aromatic carbocycles. The van der Waals surface area contributed by atoms with Crippen LogP contribution < -0.4 is 5.73 Å². The molecule has 4 heteroatoms. The quantitative estimate of drug-likeness (QED) is 0.893. The van der Waals surface area contributed by atoms with Gasteiger partial charge in [0.1, 0.15) is 0 Å². The molecular weight excluding hydrogens is 243 g/mol. The zero-order valence-corrected chi connectivity index (χ0v) is 10.4. The molecular formula is C12H12Cl2N2. The van der Waals surface area contributed by atoms with Crippen molar-refractivity contribution < 1.29 is 0 Å². The van der Waals surface area contributed by atoms with Crippen LogP contribution in [0.5, 0.6) is 0 Å². The minimum Gasteiger partial charge on any atom is -0.330 e. The fourth-order valence-corrected chi connectivity index (χ4v) is 2.03. The minimum absolute atomic E-state index is 0.532. The fourth-order valence-electron chi connectivity index (χ4n) is 1.70. The third-order valence-electron chi connectivity index (χ3n) is 2.53. The van der Waals surface area contributed by atoms with Crippen molar-refractivity contribution in [2.45, 2.75) is 13.3 Å². The molecule has 0 aliphatic carbocycles. The number of aromatic nitrogens is 1. The number of hydrogen-bond acceptors (Lipinski definition) is 2. The summed E-state index contributed by atoms with van der Waals surface area (Å²) in [5.41, 5.74) is 8.56. The molecule has 2 nitrogen and oxygen atoms in total. The maximum absolute atomic E-state index is 5.96. The van der Waals surface area contributed by atoms with Crippen LogP contribution in [0, 0.1) is 6.92 Å². The van der Waals surface area contributed by atoms with Crippen molar-refractivity contribution >= 4 is 34.1 Å². The number of pyridine rings is 1. The normalized spacial score (nSPS) is 11.0. The van der Waals surface area contributed by atoms with Crippen molar-refractivity contribution in [2.75, 3.05) is 6.54 Å². The van der Waals surface area contributed by atoms with Gasteiger partial charge in [-0.05, 0) is 37.2 Å². The van der Waals surface area contributed by atoms with Gasteiger partial charge >= 0.3 is 0 Å². The smallest absolute Gasteiger partial charge is 0.0721 e. The number of aryl methyl sites for hydroxylation is 1. The van der Waals surface area contributed by atoms with Gasteiger partial charge in [-0.15, -0.1) is 0 Å². The van der Waals surface area contributed by atoms with Crippen LogP contribution in [-0.4, -0.2) is 11.5 Å². The number of nitrogens with zero attached hydrogens (tertiary/aromatic N) is 1. The van der Waals surface area contributed by atoms with Crippen molar-refractivity contribution in [1.82, 2.24) is 4.98 Å². The van der Waals surface area contributed by atoms with Gasteiger partial charge in [0.15, 0.2) is 0 Å². The van der Waals surface area contributed by atoms with E-state index in [1.54, 1.807) is 6.07 Å². The Morgan fingerprint density at radius 1 is 1.19 bits per heavy atom. The zero-order chi connectivity index (χ0) is 11.7. The SMILES string of the molecule is Cc1cc2cc(Cl)c(Cl)cc2nc1CCN. The maximum atomic E-state index is 5.96. The molecule has 0 radical (unpaired) electrons. The second kappa shape index (κ2) is 4.58. The van der Waals surface area contributed by atoms with Gasteiger partial charge in [-0.2, -0.15) is 0 Å². The van der Waals surface area contributed by atoms with Gasteiger partial charge in [0.2, 0.25) is 0 Å². The van der Waals surface area contributed by atoms with E-state index in [0.717, 1.165) is 28.6 Å². The molecule has 0 unspecified atom stereocenters. The van der Waals surface area contributed by atoms with Crippen LogP contribution in [0.4, 0.5) is 0 Å². The van der Waals surface area contributed by atoms with E-state index in [4.69, 9.17) is 28.9 Å². The van der Waals surface area contributed by atoms with E-state index in [-0.39, 0.29) is 0 Å². The van der Waals surface area contributed by atoms with Crippen molar-refractivity contribution in [2.24, 2.45) is 5.73 Å². The van der Waals surface area contributed by atoms with Crippen LogP contribution in [0.1, 0.15) is 11.3 Å². The summed E-state index contributed by atoms with van der Waals surface area (Å²) in [4.78, 5) is 4.54. The van der Waals surface area contributed by atoms with Crippen LogP contribution in [-0.2, 0) is 6.42 Å². The van der Waals surface area contributed by atoms with Crippen molar-refractivity contribution in [3.63, 3.8) is 0 Å². The number of benzene rings is 1. The van der Waals surface area contributed by atoms with E-state index >= 15 is 0 Å². The highest BCUT2D eigenvalue weighted by Crippen LogP contribution is 2.28. The van der Waals surface area contributed by atoms with Crippen LogP contribution in [0.3, 0.4) is 0 Å². The fraction of sp³-hybridized carbons (Fsp3) is 0.250. The number of halogens is 2. The molecule has 2 N–H and O–H groups in total. The van der Waals surface area contributed by atoms with Gasteiger partial charge in [-0.25, -0.2) is 0 Å². The topological polar surface area (TPSA) is 38.9 Å². The van der Waals surface area contributed by atoms with E-state index in [2.05, 4.69) is 11.1 Å². The molecule has 2 aromatic rings. The Balaban J connectivity index is 2.65. The number of nitrogens with two attached hydrogens (primary N) is 1. The lowest BCUT2D eigenvalue weighted by molar-refractivity contribution is 0.919. The Labute approximate surface area is 104 Å². The van der Waals surface area contributed by atoms with Gasteiger partial charge < -0.3 is 5.73 Å². The van der Waals surface area contributed by atoms with Crippen molar-refractivity contribution in [1.29, 1.82) is 0 Å². The average Bonchev–Trinajstić information content (AvgIpc) is 2.23. The Bertz CT molecular complexity index is 538. The first-order chi connectivity index (χ1) is 7.61. The predicted octanol–water partition coefficient (Wildman–Crippen LogP) is 3.35. The highest BCUT2D eigenvalue weighted by Gasteiger charge is 2.06. The van der Waals surface area contributed by atoms with Crippen LogP contribution >= 0.6 is 23.2 Å². The summed E-state index contributed by atoms with van der Waals surface area (Å²) < 4.78 is 0. The molecule has 1 aromatic heterocycles. The first kappa shape index (κ1) is 11.6. The number of fused-ring (bicyclic) bond motifs is 1. The molecule has 0 fully saturated rings. The lowest BCUT2D eigenvalue weighted by atomic mass is 10.1. The monoisotopic (exact) mass is 254 g/mol. The Morgan fingerprint density at radius 3 is 2.56 bits per heavy atom. The van der Waals surface area contributed by atoms with Crippen molar-refractivity contribution in [3.8, 4) is 0 Å². The molecule has 0 saturated carbocycles. The number of rotatable bonds is 2. The standard InChI is InChI=1S/C12H12Cl2N2/c1-7-4-8-5-9(13)10(14)6-12(8)16-11(7)2-3-15/h4-6H,2-3,15H2,1H3. The largest absolute Gasteiger partial charge is 0.330 e. The molecule has 84 valence electrons. The summed E-state index contributed by atoms with van der Waals surface area (Å²) in [6.45, 7) is 2.63. The summed E-state index contributed by atoms with van der Waals surface area (Å²) in [7, 11) is 0. The summed E-state index contributed by atoms with van der Waals surface area (Å²) in [5.74, 6) is 0. The van der Waals surface area contributed by atoms with Crippen LogP contribution in [0.25, 0.3) is 10.9 Å². The highest BCUT2D eigenvalue weighted by molar-refractivity contribution is 6.42. The maximum Gasteiger partial charge on any atom is 0.0721 e. The Kier molecular flexibility index (Phi) is 3.33. The minimum atomic E-state index is 0.532. The zero-order valence-electron chi connectivity index (χ0n) is 8.93. The molecule has 0 aliphatic heterocycles. The van der Waals surface area contributed by atoms with Gasteiger partial charge in [0.05, 0.1) is 15.6 Å². The first-order valence-corrected chi connectivity index (χ1v) is 5.82. The molecule has 16 heavy (non-hydrogen) atoms. The second-order valence-corrected chi connectivity index (χ2v) is 4.56. The van der Waals surface area contributed by atoms with Gasteiger partial charge in [0.25, 0.3) is 0 Å². The first-order valence-electron chi connectivity index (χ1n) is 5.07. The van der Waals surface area contributed by atoms with Gasteiger partial charge in [-0.3, -0.25) is 4.98 Å². The van der Waals surface area contributed by atoms with Crippen molar-refractivity contribution in [3.05, 3.63) is 39.5 Å². The van der Waals surface area contributed by atoms with Gasteiger partial charge in [-0.1, -0.05) is 23.2 Å². The predicted molar refractivity (Wildman–Crippen MR) is 69.3 cm³/mol. The van der Waals surface area contributed by atoms with Gasteiger partial charge in [0, 0.05) is 17.5 Å². The summed E-state index contributed by atoms with van der Waals surface area (Å²) in [6.07, 6.45) is 0.780. The van der Waals surface area contributed by atoms with E-state index in [1.165, 1.54) is 0 Å². The third kappa shape index (κ3) is 2.14. The lowest BCUT2D eigenvalue weighted by Crippen LogP contribution is -2.06. The molecule has 2 rings (SSSR count). The highest BCUT2D eigenvalue weighted by atomic mass is 35.5. The molecule has 0 saturated heterocycles. The Morgan fingerprint density at radius 2 is 1.88 bits per heavy atom. The second-order valence-electron chi connectivity index (χ2n) is 3.75. The Hall–Kier alpha value is -0.830. The summed E-state index contributed by atoms with van der Waals surface area (Å²) >= 11 is 11.9. The third-order valence-corrected chi connectivity index (χ3v) is 3.26. The molecule has 1 heterocycles. The molecule has 0 aliphatic rings. The lowest BCUT2D eigenvalue weighted by Gasteiger charge is -2.07. The molecule has 0 amide bonds. The van der Waals surface area contributed by atoms with E-state index < -0.39 is 0 Å².